The number of benzene rings is 3. The number of aliphatic hydroxyl groups is 1. The van der Waals surface area contributed by atoms with Crippen LogP contribution in [0, 0.1) is 27.7 Å². The van der Waals surface area contributed by atoms with Crippen LogP contribution in [0.2, 0.25) is 0 Å². The zero-order chi connectivity index (χ0) is 19.6. The van der Waals surface area contributed by atoms with Crippen LogP contribution >= 0.6 is 0 Å². The molecule has 1 atom stereocenters. The van der Waals surface area contributed by atoms with Crippen LogP contribution in [-0.4, -0.2) is 11.1 Å². The second kappa shape index (κ2) is 7.67. The first-order valence-electron chi connectivity index (χ1n) is 9.51. The fraction of sp³-hybridized carbons (Fsp3) is 0.280. The van der Waals surface area contributed by atoms with Gasteiger partial charge in [0.2, 0.25) is 0 Å². The molecule has 27 heavy (non-hydrogen) atoms. The minimum absolute atomic E-state index is 0.471. The molecule has 0 radical (unpaired) electrons. The van der Waals surface area contributed by atoms with Crippen LogP contribution in [0.1, 0.15) is 38.9 Å². The molecule has 0 amide bonds. The summed E-state index contributed by atoms with van der Waals surface area (Å²) in [6.07, 6.45) is 0.595. The summed E-state index contributed by atoms with van der Waals surface area (Å²) in [5, 5.41) is 12.2. The lowest BCUT2D eigenvalue weighted by atomic mass is 9.74. The predicted octanol–water partition coefficient (Wildman–Crippen LogP) is 4.73. The smallest absolute Gasteiger partial charge is 0.130 e. The molecule has 3 aromatic carbocycles. The van der Waals surface area contributed by atoms with Gasteiger partial charge in [0.25, 0.3) is 0 Å². The van der Waals surface area contributed by atoms with E-state index >= 15 is 0 Å². The Balaban J connectivity index is 2.20. The Morgan fingerprint density at radius 1 is 0.741 bits per heavy atom. The molecule has 0 spiro atoms. The molecule has 0 saturated carbocycles. The number of aryl methyl sites for hydroxylation is 2. The van der Waals surface area contributed by atoms with Gasteiger partial charge < -0.3 is 10.8 Å². The van der Waals surface area contributed by atoms with Crippen molar-refractivity contribution in [3.63, 3.8) is 0 Å². The fourth-order valence-electron chi connectivity index (χ4n) is 3.89. The summed E-state index contributed by atoms with van der Waals surface area (Å²) in [5.74, 6) is 0. The summed E-state index contributed by atoms with van der Waals surface area (Å²) < 4.78 is 0. The molecule has 1 unspecified atom stereocenters. The summed E-state index contributed by atoms with van der Waals surface area (Å²) in [6.45, 7) is 8.28. The van der Waals surface area contributed by atoms with Crippen molar-refractivity contribution in [2.75, 3.05) is 0 Å². The van der Waals surface area contributed by atoms with Gasteiger partial charge in [-0.25, -0.2) is 0 Å². The van der Waals surface area contributed by atoms with Crippen molar-refractivity contribution in [2.24, 2.45) is 5.73 Å². The van der Waals surface area contributed by atoms with Crippen LogP contribution in [-0.2, 0) is 12.0 Å². The Bertz CT molecular complexity index is 879. The molecule has 0 aliphatic carbocycles. The lowest BCUT2D eigenvalue weighted by Crippen LogP contribution is -2.48. The zero-order valence-corrected chi connectivity index (χ0v) is 16.7. The van der Waals surface area contributed by atoms with Crippen molar-refractivity contribution in [1.82, 2.24) is 0 Å². The SMILES string of the molecule is Cc1cccc(C(O)(c2cccc(C)c2C)C(N)Cc2ccccc2)c1C. The van der Waals surface area contributed by atoms with Gasteiger partial charge in [-0.05, 0) is 73.1 Å². The minimum Gasteiger partial charge on any atom is -0.379 e. The third-order valence-electron chi connectivity index (χ3n) is 5.87. The number of hydrogen-bond donors (Lipinski definition) is 2. The molecule has 2 nitrogen and oxygen atoms in total. The monoisotopic (exact) mass is 359 g/mol. The second-order valence-electron chi connectivity index (χ2n) is 7.56. The third kappa shape index (κ3) is 3.55. The highest BCUT2D eigenvalue weighted by atomic mass is 16.3. The number of hydrogen-bond acceptors (Lipinski definition) is 2. The van der Waals surface area contributed by atoms with Crippen molar-refractivity contribution < 1.29 is 5.11 Å². The van der Waals surface area contributed by atoms with Crippen LogP contribution in [0.15, 0.2) is 66.7 Å². The highest BCUT2D eigenvalue weighted by Crippen LogP contribution is 2.38. The van der Waals surface area contributed by atoms with E-state index in [1.54, 1.807) is 0 Å². The first-order valence-corrected chi connectivity index (χ1v) is 9.51. The average molecular weight is 360 g/mol. The van der Waals surface area contributed by atoms with E-state index in [9.17, 15) is 5.11 Å². The van der Waals surface area contributed by atoms with Gasteiger partial charge in [0, 0.05) is 6.04 Å². The van der Waals surface area contributed by atoms with Crippen molar-refractivity contribution in [2.45, 2.75) is 45.8 Å². The van der Waals surface area contributed by atoms with E-state index in [0.29, 0.717) is 6.42 Å². The molecule has 3 N–H and O–H groups in total. The van der Waals surface area contributed by atoms with E-state index in [-0.39, 0.29) is 0 Å². The van der Waals surface area contributed by atoms with Gasteiger partial charge in [-0.15, -0.1) is 0 Å². The molecule has 0 aliphatic heterocycles. The average Bonchev–Trinajstić information content (AvgIpc) is 2.66. The third-order valence-corrected chi connectivity index (χ3v) is 5.87. The Kier molecular flexibility index (Phi) is 5.50. The quantitative estimate of drug-likeness (QED) is 0.692. The number of nitrogens with two attached hydrogens (primary N) is 1. The normalized spacial score (nSPS) is 12.8. The van der Waals surface area contributed by atoms with Gasteiger partial charge in [-0.1, -0.05) is 66.7 Å². The first-order chi connectivity index (χ1) is 12.9. The highest BCUT2D eigenvalue weighted by molar-refractivity contribution is 5.49. The van der Waals surface area contributed by atoms with Crippen LogP contribution in [0.5, 0.6) is 0 Å². The van der Waals surface area contributed by atoms with Gasteiger partial charge >= 0.3 is 0 Å². The van der Waals surface area contributed by atoms with Crippen molar-refractivity contribution >= 4 is 0 Å². The van der Waals surface area contributed by atoms with Crippen LogP contribution in [0.25, 0.3) is 0 Å². The van der Waals surface area contributed by atoms with E-state index in [1.807, 2.05) is 42.5 Å². The molecule has 3 aromatic rings. The standard InChI is InChI=1S/C25H29NO/c1-17-10-8-14-22(19(17)3)25(27,23-15-9-11-18(2)20(23)4)24(26)16-21-12-6-5-7-13-21/h5-15,24,27H,16,26H2,1-4H3. The summed E-state index contributed by atoms with van der Waals surface area (Å²) in [4.78, 5) is 0. The topological polar surface area (TPSA) is 46.2 Å². The Morgan fingerprint density at radius 2 is 1.22 bits per heavy atom. The number of rotatable bonds is 5. The molecule has 0 aliphatic rings. The van der Waals surface area contributed by atoms with Crippen LogP contribution in [0.4, 0.5) is 0 Å². The van der Waals surface area contributed by atoms with Gasteiger partial charge in [-0.3, -0.25) is 0 Å². The molecular weight excluding hydrogens is 330 g/mol. The first kappa shape index (κ1) is 19.3. The molecular formula is C25H29NO. The summed E-state index contributed by atoms with van der Waals surface area (Å²) >= 11 is 0. The van der Waals surface area contributed by atoms with Gasteiger partial charge in [-0.2, -0.15) is 0 Å². The molecule has 140 valence electrons. The van der Waals surface area contributed by atoms with E-state index in [0.717, 1.165) is 38.9 Å². The maximum atomic E-state index is 12.2. The lowest BCUT2D eigenvalue weighted by molar-refractivity contribution is 0.0503. The maximum Gasteiger partial charge on any atom is 0.130 e. The summed E-state index contributed by atoms with van der Waals surface area (Å²) in [5.41, 5.74) is 12.9. The molecule has 3 rings (SSSR count). The van der Waals surface area contributed by atoms with Crippen molar-refractivity contribution in [3.8, 4) is 0 Å². The lowest BCUT2D eigenvalue weighted by Gasteiger charge is -2.38. The zero-order valence-electron chi connectivity index (χ0n) is 16.7. The molecule has 0 bridgehead atoms. The maximum absolute atomic E-state index is 12.2. The largest absolute Gasteiger partial charge is 0.379 e. The fourth-order valence-corrected chi connectivity index (χ4v) is 3.89. The van der Waals surface area contributed by atoms with E-state index in [2.05, 4.69) is 52.0 Å². The van der Waals surface area contributed by atoms with E-state index in [1.165, 1.54) is 0 Å². The summed E-state index contributed by atoms with van der Waals surface area (Å²) in [6, 6.07) is 21.8. The molecule has 0 heterocycles. The summed E-state index contributed by atoms with van der Waals surface area (Å²) in [7, 11) is 0. The highest BCUT2D eigenvalue weighted by Gasteiger charge is 2.40. The van der Waals surface area contributed by atoms with Gasteiger partial charge in [0.1, 0.15) is 5.60 Å². The Labute approximate surface area is 162 Å². The van der Waals surface area contributed by atoms with E-state index in [4.69, 9.17) is 5.73 Å². The minimum atomic E-state index is -1.26. The predicted molar refractivity (Wildman–Crippen MR) is 113 cm³/mol. The van der Waals surface area contributed by atoms with Crippen LogP contribution in [0.3, 0.4) is 0 Å². The van der Waals surface area contributed by atoms with Crippen molar-refractivity contribution in [3.05, 3.63) is 106 Å². The Hall–Kier alpha value is -2.42. The van der Waals surface area contributed by atoms with E-state index < -0.39 is 11.6 Å². The molecule has 0 saturated heterocycles. The van der Waals surface area contributed by atoms with Crippen LogP contribution < -0.4 is 5.73 Å². The van der Waals surface area contributed by atoms with Gasteiger partial charge in [0.05, 0.1) is 0 Å². The molecule has 2 heteroatoms. The second-order valence-corrected chi connectivity index (χ2v) is 7.56. The van der Waals surface area contributed by atoms with Gasteiger partial charge in [0.15, 0.2) is 0 Å². The van der Waals surface area contributed by atoms with Crippen molar-refractivity contribution in [1.29, 1.82) is 0 Å². The molecule has 0 aromatic heterocycles. The molecule has 0 fully saturated rings. The Morgan fingerprint density at radius 3 is 1.70 bits per heavy atom.